The third kappa shape index (κ3) is 6.88. The summed E-state index contributed by atoms with van der Waals surface area (Å²) in [5.74, 6) is -0.618. The molecule has 0 spiro atoms. The summed E-state index contributed by atoms with van der Waals surface area (Å²) in [6.07, 6.45) is 0.515. The molecule has 0 aliphatic heterocycles. The van der Waals surface area contributed by atoms with Gasteiger partial charge in [0.1, 0.15) is 5.75 Å². The number of benzene rings is 2. The van der Waals surface area contributed by atoms with Crippen LogP contribution in [0.1, 0.15) is 41.0 Å². The fourth-order valence-electron chi connectivity index (χ4n) is 2.51. The van der Waals surface area contributed by atoms with Crippen LogP contribution in [0.5, 0.6) is 5.75 Å². The second-order valence-electron chi connectivity index (χ2n) is 6.72. The molecule has 0 atom stereocenters. The van der Waals surface area contributed by atoms with Gasteiger partial charge in [0.05, 0.1) is 4.90 Å². The van der Waals surface area contributed by atoms with Crippen molar-refractivity contribution < 1.29 is 23.1 Å². The maximum atomic E-state index is 12.1. The Morgan fingerprint density at radius 2 is 1.52 bits per heavy atom. The number of nitrogens with one attached hydrogen (secondary N) is 3. The fraction of sp³-hybridized carbons (Fsp3) is 0.300. The number of aromatic hydroxyl groups is 1. The first kappa shape index (κ1) is 22.4. The van der Waals surface area contributed by atoms with Crippen molar-refractivity contribution in [2.45, 2.75) is 31.2 Å². The third-order valence-corrected chi connectivity index (χ3v) is 5.53. The number of sulfonamides is 1. The van der Waals surface area contributed by atoms with Crippen LogP contribution in [0, 0.1) is 0 Å². The molecule has 2 aromatic rings. The Morgan fingerprint density at radius 3 is 2.07 bits per heavy atom. The molecule has 8 nitrogen and oxygen atoms in total. The fourth-order valence-corrected chi connectivity index (χ4v) is 3.76. The lowest BCUT2D eigenvalue weighted by Crippen LogP contribution is -2.31. The highest BCUT2D eigenvalue weighted by atomic mass is 32.2. The van der Waals surface area contributed by atoms with Crippen LogP contribution in [0.15, 0.2) is 53.4 Å². The topological polar surface area (TPSA) is 125 Å². The molecule has 0 saturated heterocycles. The third-order valence-electron chi connectivity index (χ3n) is 3.85. The standard InChI is InChI=1S/C20H25N3O5S/c1-14(2)23-29(27,28)18-9-7-15(8-10-18)19(25)21-11-4-12-22-20(26)16-5-3-6-17(24)13-16/h3,5-10,13-14,23-24H,4,11-12H2,1-2H3,(H,21,25)(H,22,26). The van der Waals surface area contributed by atoms with Crippen molar-refractivity contribution in [3.63, 3.8) is 0 Å². The predicted octanol–water partition coefficient (Wildman–Crippen LogP) is 1.63. The number of phenols is 1. The Morgan fingerprint density at radius 1 is 0.931 bits per heavy atom. The van der Waals surface area contributed by atoms with Crippen molar-refractivity contribution in [1.29, 1.82) is 0 Å². The molecular weight excluding hydrogens is 394 g/mol. The summed E-state index contributed by atoms with van der Waals surface area (Å²) >= 11 is 0. The van der Waals surface area contributed by atoms with Gasteiger partial charge in [0.15, 0.2) is 0 Å². The van der Waals surface area contributed by atoms with E-state index in [1.807, 2.05) is 0 Å². The summed E-state index contributed by atoms with van der Waals surface area (Å²) in [5, 5.41) is 14.8. The van der Waals surface area contributed by atoms with Crippen LogP contribution in [0.3, 0.4) is 0 Å². The average Bonchev–Trinajstić information content (AvgIpc) is 2.66. The van der Waals surface area contributed by atoms with Crippen molar-refractivity contribution in [2.24, 2.45) is 0 Å². The van der Waals surface area contributed by atoms with Gasteiger partial charge in [0, 0.05) is 30.3 Å². The number of rotatable bonds is 9. The van der Waals surface area contributed by atoms with Crippen molar-refractivity contribution in [2.75, 3.05) is 13.1 Å². The van der Waals surface area contributed by atoms with E-state index in [9.17, 15) is 23.1 Å². The molecule has 29 heavy (non-hydrogen) atoms. The van der Waals surface area contributed by atoms with Crippen molar-refractivity contribution in [3.05, 3.63) is 59.7 Å². The summed E-state index contributed by atoms with van der Waals surface area (Å²) in [5.41, 5.74) is 0.702. The van der Waals surface area contributed by atoms with Gasteiger partial charge < -0.3 is 15.7 Å². The van der Waals surface area contributed by atoms with Crippen LogP contribution in [0.2, 0.25) is 0 Å². The second kappa shape index (κ2) is 10.0. The minimum atomic E-state index is -3.60. The summed E-state index contributed by atoms with van der Waals surface area (Å²) in [6.45, 7) is 4.15. The number of carbonyl (C=O) groups is 2. The van der Waals surface area contributed by atoms with E-state index in [0.717, 1.165) is 0 Å². The summed E-state index contributed by atoms with van der Waals surface area (Å²) < 4.78 is 26.6. The van der Waals surface area contributed by atoms with E-state index in [0.29, 0.717) is 30.6 Å². The maximum absolute atomic E-state index is 12.1. The van der Waals surface area contributed by atoms with Gasteiger partial charge in [0.2, 0.25) is 10.0 Å². The van der Waals surface area contributed by atoms with Gasteiger partial charge in [-0.25, -0.2) is 13.1 Å². The van der Waals surface area contributed by atoms with Crippen LogP contribution in [0.25, 0.3) is 0 Å². The Balaban J connectivity index is 1.77. The van der Waals surface area contributed by atoms with Gasteiger partial charge in [-0.15, -0.1) is 0 Å². The van der Waals surface area contributed by atoms with E-state index in [1.165, 1.54) is 36.4 Å². The van der Waals surface area contributed by atoms with Crippen LogP contribution >= 0.6 is 0 Å². The van der Waals surface area contributed by atoms with Gasteiger partial charge in [-0.3, -0.25) is 9.59 Å². The minimum Gasteiger partial charge on any atom is -0.508 e. The number of amides is 2. The summed E-state index contributed by atoms with van der Waals surface area (Å²) in [7, 11) is -3.60. The largest absolute Gasteiger partial charge is 0.508 e. The lowest BCUT2D eigenvalue weighted by atomic mass is 10.2. The molecule has 0 bridgehead atoms. The lowest BCUT2D eigenvalue weighted by Gasteiger charge is -2.10. The first-order valence-electron chi connectivity index (χ1n) is 9.17. The summed E-state index contributed by atoms with van der Waals surface area (Å²) in [6, 6.07) is 11.5. The first-order chi connectivity index (χ1) is 13.7. The van der Waals surface area contributed by atoms with Crippen molar-refractivity contribution in [1.82, 2.24) is 15.4 Å². The van der Waals surface area contributed by atoms with E-state index in [1.54, 1.807) is 26.0 Å². The van der Waals surface area contributed by atoms with E-state index in [4.69, 9.17) is 0 Å². The molecule has 0 fully saturated rings. The van der Waals surface area contributed by atoms with Gasteiger partial charge in [-0.2, -0.15) is 0 Å². The maximum Gasteiger partial charge on any atom is 0.251 e. The van der Waals surface area contributed by atoms with Crippen LogP contribution < -0.4 is 15.4 Å². The molecule has 156 valence electrons. The molecule has 4 N–H and O–H groups in total. The molecule has 0 aliphatic carbocycles. The lowest BCUT2D eigenvalue weighted by molar-refractivity contribution is 0.0951. The van der Waals surface area contributed by atoms with Crippen LogP contribution in [0.4, 0.5) is 0 Å². The molecule has 0 heterocycles. The zero-order valence-corrected chi connectivity index (χ0v) is 17.1. The van der Waals surface area contributed by atoms with E-state index in [2.05, 4.69) is 15.4 Å². The van der Waals surface area contributed by atoms with Crippen molar-refractivity contribution in [3.8, 4) is 5.75 Å². The second-order valence-corrected chi connectivity index (χ2v) is 8.43. The van der Waals surface area contributed by atoms with Gasteiger partial charge in [-0.05, 0) is 62.7 Å². The zero-order chi connectivity index (χ0) is 21.4. The quantitative estimate of drug-likeness (QED) is 0.460. The molecule has 9 heteroatoms. The van der Waals surface area contributed by atoms with Gasteiger partial charge >= 0.3 is 0 Å². The molecule has 2 amide bonds. The number of carbonyl (C=O) groups excluding carboxylic acids is 2. The highest BCUT2D eigenvalue weighted by Crippen LogP contribution is 2.12. The zero-order valence-electron chi connectivity index (χ0n) is 16.3. The molecule has 0 aliphatic rings. The molecule has 0 aromatic heterocycles. The number of hydrogen-bond acceptors (Lipinski definition) is 5. The number of hydrogen-bond donors (Lipinski definition) is 4. The Labute approximate surface area is 170 Å². The smallest absolute Gasteiger partial charge is 0.251 e. The Bertz CT molecular complexity index is 956. The SMILES string of the molecule is CC(C)NS(=O)(=O)c1ccc(C(=O)NCCCNC(=O)c2cccc(O)c2)cc1. The highest BCUT2D eigenvalue weighted by molar-refractivity contribution is 7.89. The van der Waals surface area contributed by atoms with Crippen LogP contribution in [-0.4, -0.2) is 44.5 Å². The average molecular weight is 420 g/mol. The first-order valence-corrected chi connectivity index (χ1v) is 10.6. The van der Waals surface area contributed by atoms with E-state index in [-0.39, 0.29) is 28.5 Å². The van der Waals surface area contributed by atoms with Crippen LogP contribution in [-0.2, 0) is 10.0 Å². The molecule has 0 unspecified atom stereocenters. The molecule has 0 saturated carbocycles. The van der Waals surface area contributed by atoms with Gasteiger partial charge in [-0.1, -0.05) is 6.07 Å². The molecule has 2 rings (SSSR count). The predicted molar refractivity (Wildman–Crippen MR) is 109 cm³/mol. The van der Waals surface area contributed by atoms with E-state index >= 15 is 0 Å². The molecule has 2 aromatic carbocycles. The molecule has 0 radical (unpaired) electrons. The monoisotopic (exact) mass is 419 g/mol. The number of phenolic OH excluding ortho intramolecular Hbond substituents is 1. The Hall–Kier alpha value is -2.91. The van der Waals surface area contributed by atoms with Gasteiger partial charge in [0.25, 0.3) is 11.8 Å². The Kier molecular flexibility index (Phi) is 7.74. The van der Waals surface area contributed by atoms with E-state index < -0.39 is 10.0 Å². The molecular formula is C20H25N3O5S. The minimum absolute atomic E-state index is 0.0173. The van der Waals surface area contributed by atoms with Crippen molar-refractivity contribution >= 4 is 21.8 Å². The summed E-state index contributed by atoms with van der Waals surface area (Å²) in [4.78, 5) is 24.2. The highest BCUT2D eigenvalue weighted by Gasteiger charge is 2.16. The normalized spacial score (nSPS) is 11.3.